The van der Waals surface area contributed by atoms with E-state index in [-0.39, 0.29) is 12.5 Å². The number of anilines is 1. The molecule has 0 spiro atoms. The Morgan fingerprint density at radius 3 is 2.81 bits per heavy atom. The van der Waals surface area contributed by atoms with E-state index >= 15 is 0 Å². The van der Waals surface area contributed by atoms with Gasteiger partial charge < -0.3 is 14.9 Å². The van der Waals surface area contributed by atoms with Crippen LogP contribution < -0.4 is 5.32 Å². The monoisotopic (exact) mass is 284 g/mol. The molecule has 2 aromatic rings. The topological polar surface area (TPSA) is 75.4 Å². The first-order chi connectivity index (χ1) is 10.1. The summed E-state index contributed by atoms with van der Waals surface area (Å²) in [5.41, 5.74) is 2.31. The van der Waals surface area contributed by atoms with E-state index in [1.807, 2.05) is 18.2 Å². The zero-order valence-electron chi connectivity index (χ0n) is 11.9. The van der Waals surface area contributed by atoms with Gasteiger partial charge in [-0.3, -0.25) is 4.79 Å². The maximum absolute atomic E-state index is 12.3. The van der Waals surface area contributed by atoms with E-state index in [2.05, 4.69) is 22.3 Å². The first-order valence-electron chi connectivity index (χ1n) is 6.56. The molecule has 2 rings (SSSR count). The normalized spacial score (nSPS) is 9.86. The molecule has 5 heteroatoms. The third kappa shape index (κ3) is 3.50. The predicted octanol–water partition coefficient (Wildman–Crippen LogP) is 2.28. The number of para-hydroxylation sites is 1. The van der Waals surface area contributed by atoms with E-state index in [0.717, 1.165) is 0 Å². The number of carbonyl (C=O) groups is 1. The average Bonchev–Trinajstić information content (AvgIpc) is 2.80. The maximum Gasteiger partial charge on any atom is 0.261 e. The van der Waals surface area contributed by atoms with Gasteiger partial charge in [0.05, 0.1) is 18.0 Å². The van der Waals surface area contributed by atoms with Gasteiger partial charge in [-0.05, 0) is 26.0 Å². The first kappa shape index (κ1) is 14.8. The molecule has 0 fully saturated rings. The molecule has 5 nitrogen and oxygen atoms in total. The third-order valence-electron chi connectivity index (χ3n) is 2.90. The molecule has 0 saturated carbocycles. The Morgan fingerprint density at radius 1 is 1.38 bits per heavy atom. The molecule has 0 unspecified atom stereocenters. The van der Waals surface area contributed by atoms with Crippen LogP contribution in [0.4, 0.5) is 5.69 Å². The lowest BCUT2D eigenvalue weighted by atomic mass is 10.1. The Kier molecular flexibility index (Phi) is 4.75. The van der Waals surface area contributed by atoms with Crippen molar-refractivity contribution in [2.24, 2.45) is 0 Å². The molecule has 1 aromatic carbocycles. The van der Waals surface area contributed by atoms with Gasteiger partial charge in [0.25, 0.3) is 5.91 Å². The van der Waals surface area contributed by atoms with Crippen molar-refractivity contribution in [2.45, 2.75) is 20.3 Å². The van der Waals surface area contributed by atoms with Gasteiger partial charge in [0.1, 0.15) is 11.3 Å². The zero-order valence-corrected chi connectivity index (χ0v) is 11.9. The number of benzene rings is 1. The second-order valence-corrected chi connectivity index (χ2v) is 4.47. The molecule has 108 valence electrons. The van der Waals surface area contributed by atoms with Crippen LogP contribution in [-0.2, 0) is 0 Å². The lowest BCUT2D eigenvalue weighted by Gasteiger charge is -2.07. The molecule has 0 aliphatic heterocycles. The van der Waals surface area contributed by atoms with Gasteiger partial charge in [0.15, 0.2) is 0 Å². The van der Waals surface area contributed by atoms with Crippen LogP contribution in [0.3, 0.4) is 0 Å². The van der Waals surface area contributed by atoms with Crippen LogP contribution in [0.1, 0.15) is 33.8 Å². The minimum atomic E-state index is -0.275. The number of aliphatic hydroxyl groups is 1. The molecule has 1 aromatic heterocycles. The Labute approximate surface area is 123 Å². The minimum absolute atomic E-state index is 0.0145. The second kappa shape index (κ2) is 6.73. The fourth-order valence-electron chi connectivity index (χ4n) is 1.91. The van der Waals surface area contributed by atoms with Crippen LogP contribution in [0.2, 0.25) is 0 Å². The molecule has 1 amide bonds. The van der Waals surface area contributed by atoms with Gasteiger partial charge in [0, 0.05) is 12.0 Å². The smallest absolute Gasteiger partial charge is 0.261 e. The third-order valence-corrected chi connectivity index (χ3v) is 2.90. The average molecular weight is 284 g/mol. The largest absolute Gasteiger partial charge is 0.395 e. The lowest BCUT2D eigenvalue weighted by molar-refractivity contribution is 0.102. The number of carbonyl (C=O) groups excluding carboxylic acids is 1. The van der Waals surface area contributed by atoms with Crippen molar-refractivity contribution in [3.05, 3.63) is 46.8 Å². The molecule has 0 aliphatic rings. The lowest BCUT2D eigenvalue weighted by Crippen LogP contribution is -2.14. The van der Waals surface area contributed by atoms with Crippen molar-refractivity contribution >= 4 is 11.6 Å². The number of rotatable bonds is 3. The van der Waals surface area contributed by atoms with Crippen LogP contribution in [0.25, 0.3) is 0 Å². The number of aryl methyl sites for hydroxylation is 2. The standard InChI is InChI=1S/C16H16N2O3/c1-11-15(12(2)21-18-11)16(20)17-14-9-4-3-7-13(14)8-5-6-10-19/h3-4,7,9,19H,6,10H2,1-2H3,(H,17,20). The van der Waals surface area contributed by atoms with E-state index in [1.54, 1.807) is 19.9 Å². The summed E-state index contributed by atoms with van der Waals surface area (Å²) in [6.07, 6.45) is 0.395. The number of nitrogens with zero attached hydrogens (tertiary/aromatic N) is 1. The van der Waals surface area contributed by atoms with E-state index in [0.29, 0.717) is 34.7 Å². The van der Waals surface area contributed by atoms with Crippen LogP contribution >= 0.6 is 0 Å². The molecule has 0 saturated heterocycles. The maximum atomic E-state index is 12.3. The Morgan fingerprint density at radius 2 is 2.14 bits per heavy atom. The Balaban J connectivity index is 2.24. The summed E-state index contributed by atoms with van der Waals surface area (Å²) < 4.78 is 5.00. The van der Waals surface area contributed by atoms with Crippen LogP contribution in [0.15, 0.2) is 28.8 Å². The van der Waals surface area contributed by atoms with E-state index in [1.165, 1.54) is 0 Å². The summed E-state index contributed by atoms with van der Waals surface area (Å²) in [5.74, 6) is 5.98. The highest BCUT2D eigenvalue weighted by atomic mass is 16.5. The summed E-state index contributed by atoms with van der Waals surface area (Å²) >= 11 is 0. The van der Waals surface area contributed by atoms with Crippen molar-refractivity contribution < 1.29 is 14.4 Å². The minimum Gasteiger partial charge on any atom is -0.395 e. The van der Waals surface area contributed by atoms with E-state index < -0.39 is 0 Å². The van der Waals surface area contributed by atoms with Crippen molar-refractivity contribution in [3.8, 4) is 11.8 Å². The molecule has 2 N–H and O–H groups in total. The van der Waals surface area contributed by atoms with Crippen molar-refractivity contribution in [2.75, 3.05) is 11.9 Å². The molecule has 1 heterocycles. The number of aliphatic hydroxyl groups excluding tert-OH is 1. The SMILES string of the molecule is Cc1noc(C)c1C(=O)Nc1ccccc1C#CCCO. The molecule has 0 bridgehead atoms. The fraction of sp³-hybridized carbons (Fsp3) is 0.250. The quantitative estimate of drug-likeness (QED) is 0.848. The van der Waals surface area contributed by atoms with Crippen LogP contribution in [0, 0.1) is 25.7 Å². The zero-order chi connectivity index (χ0) is 15.2. The fourth-order valence-corrected chi connectivity index (χ4v) is 1.91. The van der Waals surface area contributed by atoms with E-state index in [9.17, 15) is 4.79 Å². The molecule has 0 aliphatic carbocycles. The highest BCUT2D eigenvalue weighted by Crippen LogP contribution is 2.18. The van der Waals surface area contributed by atoms with Gasteiger partial charge >= 0.3 is 0 Å². The number of hydrogen-bond acceptors (Lipinski definition) is 4. The number of aromatic nitrogens is 1. The molecule has 21 heavy (non-hydrogen) atoms. The summed E-state index contributed by atoms with van der Waals surface area (Å²) in [5, 5.41) is 15.3. The van der Waals surface area contributed by atoms with E-state index in [4.69, 9.17) is 9.63 Å². The summed E-state index contributed by atoms with van der Waals surface area (Å²) in [4.78, 5) is 12.3. The summed E-state index contributed by atoms with van der Waals surface area (Å²) in [7, 11) is 0. The number of amides is 1. The van der Waals surface area contributed by atoms with Gasteiger partial charge in [-0.1, -0.05) is 29.1 Å². The van der Waals surface area contributed by atoms with Crippen LogP contribution in [-0.4, -0.2) is 22.8 Å². The summed E-state index contributed by atoms with van der Waals surface area (Å²) in [6, 6.07) is 7.25. The van der Waals surface area contributed by atoms with Gasteiger partial charge in [0.2, 0.25) is 0 Å². The molecule has 0 atom stereocenters. The first-order valence-corrected chi connectivity index (χ1v) is 6.56. The van der Waals surface area contributed by atoms with Gasteiger partial charge in [-0.25, -0.2) is 0 Å². The number of hydrogen-bond donors (Lipinski definition) is 2. The highest BCUT2D eigenvalue weighted by molar-refractivity contribution is 6.06. The molecular weight excluding hydrogens is 268 g/mol. The Bertz CT molecular complexity index is 688. The number of nitrogens with one attached hydrogen (secondary N) is 1. The highest BCUT2D eigenvalue weighted by Gasteiger charge is 2.18. The molecular formula is C16H16N2O3. The molecule has 0 radical (unpaired) electrons. The van der Waals surface area contributed by atoms with Crippen molar-refractivity contribution in [3.63, 3.8) is 0 Å². The predicted molar refractivity (Wildman–Crippen MR) is 79.0 cm³/mol. The Hall–Kier alpha value is -2.58. The van der Waals surface area contributed by atoms with Gasteiger partial charge in [-0.15, -0.1) is 0 Å². The van der Waals surface area contributed by atoms with Crippen LogP contribution in [0.5, 0.6) is 0 Å². The summed E-state index contributed by atoms with van der Waals surface area (Å²) in [6.45, 7) is 3.43. The van der Waals surface area contributed by atoms with Crippen molar-refractivity contribution in [1.29, 1.82) is 0 Å². The second-order valence-electron chi connectivity index (χ2n) is 4.47. The van der Waals surface area contributed by atoms with Crippen molar-refractivity contribution in [1.82, 2.24) is 5.16 Å². The van der Waals surface area contributed by atoms with Gasteiger partial charge in [-0.2, -0.15) is 0 Å².